The minimum absolute atomic E-state index is 1.07. The maximum absolute atomic E-state index is 2.49. The molecule has 0 fully saturated rings. The zero-order valence-corrected chi connectivity index (χ0v) is 9.74. The van der Waals surface area contributed by atoms with Crippen LogP contribution >= 0.6 is 0 Å². The molecule has 1 aliphatic rings. The van der Waals surface area contributed by atoms with Crippen LogP contribution in [0.25, 0.3) is 0 Å². The summed E-state index contributed by atoms with van der Waals surface area (Å²) >= 11 is 0. The van der Waals surface area contributed by atoms with Gasteiger partial charge in [0.1, 0.15) is 0 Å². The van der Waals surface area contributed by atoms with E-state index in [1.165, 1.54) is 30.8 Å². The monoisotopic (exact) mass is 204 g/mol. The van der Waals surface area contributed by atoms with Gasteiger partial charge in [-0.25, -0.2) is 0 Å². The first-order chi connectivity index (χ1) is 7.36. The lowest BCUT2D eigenvalue weighted by Gasteiger charge is -2.20. The highest BCUT2D eigenvalue weighted by Gasteiger charge is 2.22. The standard InChI is InChI=1S/C13H20N2/c1-3-5-10-15-11-14(4-2)12-8-6-7-9-13(12)15/h6-9H,3-5,10-11H2,1-2H3. The molecule has 1 aromatic rings. The Labute approximate surface area is 92.5 Å². The van der Waals surface area contributed by atoms with Gasteiger partial charge in [0.15, 0.2) is 0 Å². The fraction of sp³-hybridized carbons (Fsp3) is 0.538. The number of benzene rings is 1. The molecule has 0 unspecified atom stereocenters. The third kappa shape index (κ3) is 1.94. The van der Waals surface area contributed by atoms with Crippen LogP contribution in [0.15, 0.2) is 24.3 Å². The highest BCUT2D eigenvalue weighted by atomic mass is 15.4. The summed E-state index contributed by atoms with van der Waals surface area (Å²) in [6.45, 7) is 7.82. The van der Waals surface area contributed by atoms with Gasteiger partial charge in [0.2, 0.25) is 0 Å². The highest BCUT2D eigenvalue weighted by Crippen LogP contribution is 2.35. The average Bonchev–Trinajstić information content (AvgIpc) is 2.65. The summed E-state index contributed by atoms with van der Waals surface area (Å²) in [6, 6.07) is 8.73. The third-order valence-corrected chi connectivity index (χ3v) is 3.07. The molecule has 0 saturated carbocycles. The van der Waals surface area contributed by atoms with Crippen LogP contribution in [0.5, 0.6) is 0 Å². The Morgan fingerprint density at radius 3 is 2.33 bits per heavy atom. The Bertz CT molecular complexity index is 322. The van der Waals surface area contributed by atoms with Gasteiger partial charge in [0, 0.05) is 13.1 Å². The maximum atomic E-state index is 2.49. The lowest BCUT2D eigenvalue weighted by Crippen LogP contribution is -2.31. The number of nitrogens with zero attached hydrogens (tertiary/aromatic N) is 2. The first-order valence-electron chi connectivity index (χ1n) is 5.95. The Morgan fingerprint density at radius 1 is 1.07 bits per heavy atom. The number of unbranched alkanes of at least 4 members (excludes halogenated alkanes) is 1. The van der Waals surface area contributed by atoms with E-state index < -0.39 is 0 Å². The molecule has 0 spiro atoms. The molecule has 1 aliphatic heterocycles. The summed E-state index contributed by atoms with van der Waals surface area (Å²) in [5, 5.41) is 0. The van der Waals surface area contributed by atoms with Gasteiger partial charge in [-0.2, -0.15) is 0 Å². The molecule has 2 rings (SSSR count). The van der Waals surface area contributed by atoms with E-state index in [-0.39, 0.29) is 0 Å². The summed E-state index contributed by atoms with van der Waals surface area (Å²) in [7, 11) is 0. The molecule has 0 atom stereocenters. The van der Waals surface area contributed by atoms with Crippen LogP contribution in [0, 0.1) is 0 Å². The minimum atomic E-state index is 1.07. The number of hydrogen-bond donors (Lipinski definition) is 0. The quantitative estimate of drug-likeness (QED) is 0.743. The molecule has 2 nitrogen and oxygen atoms in total. The maximum Gasteiger partial charge on any atom is 0.0904 e. The van der Waals surface area contributed by atoms with Gasteiger partial charge >= 0.3 is 0 Å². The number of rotatable bonds is 4. The van der Waals surface area contributed by atoms with Crippen molar-refractivity contribution in [2.75, 3.05) is 29.6 Å². The molecular formula is C13H20N2. The molecule has 1 aromatic carbocycles. The predicted octanol–water partition coefficient (Wildman–Crippen LogP) is 3.09. The molecule has 2 heteroatoms. The summed E-state index contributed by atoms with van der Waals surface area (Å²) in [5.41, 5.74) is 2.81. The Balaban J connectivity index is 2.18. The minimum Gasteiger partial charge on any atom is -0.352 e. The first kappa shape index (κ1) is 10.3. The van der Waals surface area contributed by atoms with Crippen LogP contribution in [0.1, 0.15) is 26.7 Å². The topological polar surface area (TPSA) is 6.48 Å². The van der Waals surface area contributed by atoms with Crippen molar-refractivity contribution < 1.29 is 0 Å². The van der Waals surface area contributed by atoms with E-state index in [2.05, 4.69) is 47.9 Å². The van der Waals surface area contributed by atoms with Crippen LogP contribution in [0.3, 0.4) is 0 Å². The van der Waals surface area contributed by atoms with Crippen molar-refractivity contribution in [2.24, 2.45) is 0 Å². The zero-order valence-electron chi connectivity index (χ0n) is 9.74. The van der Waals surface area contributed by atoms with Crippen LogP contribution < -0.4 is 9.80 Å². The number of fused-ring (bicyclic) bond motifs is 1. The van der Waals surface area contributed by atoms with E-state index in [0.29, 0.717) is 0 Å². The molecule has 0 amide bonds. The molecule has 0 aromatic heterocycles. The van der Waals surface area contributed by atoms with Crippen molar-refractivity contribution in [2.45, 2.75) is 26.7 Å². The van der Waals surface area contributed by atoms with E-state index >= 15 is 0 Å². The smallest absolute Gasteiger partial charge is 0.0904 e. The van der Waals surface area contributed by atoms with E-state index in [4.69, 9.17) is 0 Å². The van der Waals surface area contributed by atoms with E-state index in [9.17, 15) is 0 Å². The van der Waals surface area contributed by atoms with Gasteiger partial charge in [-0.05, 0) is 25.5 Å². The molecule has 82 valence electrons. The first-order valence-corrected chi connectivity index (χ1v) is 5.95. The second kappa shape index (κ2) is 4.56. The number of hydrogen-bond acceptors (Lipinski definition) is 2. The lowest BCUT2D eigenvalue weighted by molar-refractivity contribution is 0.717. The summed E-state index contributed by atoms with van der Waals surface area (Å²) in [5.74, 6) is 0. The van der Waals surface area contributed by atoms with Gasteiger partial charge in [0.25, 0.3) is 0 Å². The second-order valence-electron chi connectivity index (χ2n) is 4.10. The summed E-state index contributed by atoms with van der Waals surface area (Å²) in [6.07, 6.45) is 2.55. The molecule has 0 saturated heterocycles. The van der Waals surface area contributed by atoms with Crippen molar-refractivity contribution in [3.05, 3.63) is 24.3 Å². The Morgan fingerprint density at radius 2 is 1.73 bits per heavy atom. The van der Waals surface area contributed by atoms with Crippen molar-refractivity contribution in [1.29, 1.82) is 0 Å². The Hall–Kier alpha value is -1.18. The molecule has 1 heterocycles. The number of para-hydroxylation sites is 2. The molecule has 15 heavy (non-hydrogen) atoms. The zero-order chi connectivity index (χ0) is 10.7. The largest absolute Gasteiger partial charge is 0.352 e. The predicted molar refractivity (Wildman–Crippen MR) is 66.6 cm³/mol. The lowest BCUT2D eigenvalue weighted by atomic mass is 10.2. The van der Waals surface area contributed by atoms with Gasteiger partial charge in [-0.1, -0.05) is 25.5 Å². The normalized spacial score (nSPS) is 14.5. The van der Waals surface area contributed by atoms with Crippen molar-refractivity contribution >= 4 is 11.4 Å². The average molecular weight is 204 g/mol. The van der Waals surface area contributed by atoms with E-state index in [1.807, 2.05) is 0 Å². The third-order valence-electron chi connectivity index (χ3n) is 3.07. The van der Waals surface area contributed by atoms with Crippen LogP contribution in [0.4, 0.5) is 11.4 Å². The fourth-order valence-electron chi connectivity index (χ4n) is 2.17. The number of anilines is 2. The van der Waals surface area contributed by atoms with E-state index in [1.54, 1.807) is 0 Å². The highest BCUT2D eigenvalue weighted by molar-refractivity contribution is 5.76. The summed E-state index contributed by atoms with van der Waals surface area (Å²) < 4.78 is 0. The van der Waals surface area contributed by atoms with Gasteiger partial charge in [-0.15, -0.1) is 0 Å². The van der Waals surface area contributed by atoms with E-state index in [0.717, 1.165) is 13.2 Å². The SMILES string of the molecule is CCCCN1CN(CC)c2ccccc21. The van der Waals surface area contributed by atoms with Gasteiger partial charge < -0.3 is 9.80 Å². The van der Waals surface area contributed by atoms with Crippen LogP contribution in [-0.4, -0.2) is 19.8 Å². The van der Waals surface area contributed by atoms with Crippen molar-refractivity contribution in [3.8, 4) is 0 Å². The van der Waals surface area contributed by atoms with Crippen molar-refractivity contribution in [3.63, 3.8) is 0 Å². The second-order valence-corrected chi connectivity index (χ2v) is 4.10. The van der Waals surface area contributed by atoms with Crippen LogP contribution in [-0.2, 0) is 0 Å². The van der Waals surface area contributed by atoms with Crippen LogP contribution in [0.2, 0.25) is 0 Å². The molecule has 0 aliphatic carbocycles. The summed E-state index contributed by atoms with van der Waals surface area (Å²) in [4.78, 5) is 4.92. The molecule has 0 N–H and O–H groups in total. The molecule has 0 bridgehead atoms. The van der Waals surface area contributed by atoms with Gasteiger partial charge in [0.05, 0.1) is 18.0 Å². The van der Waals surface area contributed by atoms with Crippen molar-refractivity contribution in [1.82, 2.24) is 0 Å². The molecular weight excluding hydrogens is 184 g/mol. The van der Waals surface area contributed by atoms with Gasteiger partial charge in [-0.3, -0.25) is 0 Å². The fourth-order valence-corrected chi connectivity index (χ4v) is 2.17. The molecule has 0 radical (unpaired) electrons. The Kier molecular flexibility index (Phi) is 3.14.